The van der Waals surface area contributed by atoms with Gasteiger partial charge in [0, 0.05) is 30.0 Å². The molecule has 1 aliphatic heterocycles. The maximum atomic E-state index is 12.7. The topological polar surface area (TPSA) is 71.6 Å². The summed E-state index contributed by atoms with van der Waals surface area (Å²) in [6.45, 7) is 5.57. The summed E-state index contributed by atoms with van der Waals surface area (Å²) in [5.74, 6) is 1.31. The molecule has 0 spiro atoms. The number of H-pyrrole nitrogens is 1. The second kappa shape index (κ2) is 7.99. The highest BCUT2D eigenvalue weighted by Crippen LogP contribution is 2.33. The Morgan fingerprint density at radius 3 is 2.41 bits per heavy atom. The molecule has 0 saturated carbocycles. The molecule has 0 atom stereocenters. The second-order valence-electron chi connectivity index (χ2n) is 7.30. The van der Waals surface area contributed by atoms with E-state index in [2.05, 4.69) is 4.98 Å². The minimum Gasteiger partial charge on any atom is -0.486 e. The van der Waals surface area contributed by atoms with Crippen LogP contribution in [0.5, 0.6) is 11.5 Å². The van der Waals surface area contributed by atoms with Gasteiger partial charge in [-0.15, -0.1) is 0 Å². The predicted molar refractivity (Wildman–Crippen MR) is 111 cm³/mol. The number of fused-ring (bicyclic) bond motifs is 2. The van der Waals surface area contributed by atoms with E-state index in [0.29, 0.717) is 48.8 Å². The van der Waals surface area contributed by atoms with Crippen LogP contribution in [-0.4, -0.2) is 29.0 Å². The monoisotopic (exact) mass is 392 g/mol. The molecular formula is C23H24N2O4. The molecule has 0 saturated heterocycles. The molecule has 0 unspecified atom stereocenters. The second-order valence-corrected chi connectivity index (χ2v) is 7.30. The number of carbonyl (C=O) groups excluding carboxylic acids is 1. The molecule has 1 N–H and O–H groups in total. The van der Waals surface area contributed by atoms with Gasteiger partial charge >= 0.3 is 0 Å². The first-order valence-corrected chi connectivity index (χ1v) is 9.82. The van der Waals surface area contributed by atoms with Crippen molar-refractivity contribution in [3.63, 3.8) is 0 Å². The van der Waals surface area contributed by atoms with E-state index in [1.54, 1.807) is 11.0 Å². The molecule has 29 heavy (non-hydrogen) atoms. The molecule has 3 aromatic rings. The van der Waals surface area contributed by atoms with Crippen LogP contribution in [-0.2, 0) is 17.9 Å². The lowest BCUT2D eigenvalue weighted by molar-refractivity contribution is -0.132. The average Bonchev–Trinajstić information content (AvgIpc) is 2.73. The number of aryl methyl sites for hydroxylation is 1. The van der Waals surface area contributed by atoms with Gasteiger partial charge in [-0.25, -0.2) is 0 Å². The lowest BCUT2D eigenvalue weighted by atomic mass is 10.1. The smallest absolute Gasteiger partial charge is 0.253 e. The third kappa shape index (κ3) is 4.11. The molecule has 1 aliphatic rings. The number of nitrogens with one attached hydrogen (secondary N) is 1. The standard InChI is InChI=1S/C23H24N2O4/c1-3-22(26)25(13-16-6-4-15(2)5-7-16)14-18-10-17-11-20-21(29-9-8-28-20)12-19(17)24-23(18)27/h4-7,10-12H,3,8-9,13-14H2,1-2H3,(H,24,27). The minimum atomic E-state index is -0.202. The van der Waals surface area contributed by atoms with Crippen molar-refractivity contribution in [3.8, 4) is 11.5 Å². The van der Waals surface area contributed by atoms with E-state index in [0.717, 1.165) is 10.9 Å². The third-order valence-corrected chi connectivity index (χ3v) is 5.09. The largest absolute Gasteiger partial charge is 0.486 e. The lowest BCUT2D eigenvalue weighted by Gasteiger charge is -2.23. The predicted octanol–water partition coefficient (Wildman–Crippen LogP) is 3.55. The van der Waals surface area contributed by atoms with E-state index in [4.69, 9.17) is 9.47 Å². The van der Waals surface area contributed by atoms with Crippen molar-refractivity contribution in [2.24, 2.45) is 0 Å². The van der Waals surface area contributed by atoms with Gasteiger partial charge in [0.15, 0.2) is 11.5 Å². The molecule has 1 amide bonds. The van der Waals surface area contributed by atoms with Crippen LogP contribution in [0.25, 0.3) is 10.9 Å². The number of benzene rings is 2. The molecule has 2 heterocycles. The van der Waals surface area contributed by atoms with Crippen LogP contribution in [0.4, 0.5) is 0 Å². The summed E-state index contributed by atoms with van der Waals surface area (Å²) in [6, 6.07) is 13.6. The van der Waals surface area contributed by atoms with Gasteiger partial charge in [0.2, 0.25) is 5.91 Å². The summed E-state index contributed by atoms with van der Waals surface area (Å²) in [5, 5.41) is 0.850. The average molecular weight is 392 g/mol. The first-order chi connectivity index (χ1) is 14.0. The normalized spacial score (nSPS) is 12.8. The van der Waals surface area contributed by atoms with Crippen molar-refractivity contribution in [3.05, 3.63) is 69.5 Å². The van der Waals surface area contributed by atoms with Crippen molar-refractivity contribution in [1.82, 2.24) is 9.88 Å². The van der Waals surface area contributed by atoms with Gasteiger partial charge in [0.1, 0.15) is 13.2 Å². The quantitative estimate of drug-likeness (QED) is 0.721. The van der Waals surface area contributed by atoms with E-state index in [1.807, 2.05) is 50.2 Å². The number of hydrogen-bond acceptors (Lipinski definition) is 4. The number of nitrogens with zero attached hydrogens (tertiary/aromatic N) is 1. The van der Waals surface area contributed by atoms with E-state index < -0.39 is 0 Å². The molecule has 150 valence electrons. The molecule has 4 rings (SSSR count). The summed E-state index contributed by atoms with van der Waals surface area (Å²) >= 11 is 0. The number of rotatable bonds is 5. The van der Waals surface area contributed by atoms with Crippen LogP contribution in [0.15, 0.2) is 47.3 Å². The molecule has 6 nitrogen and oxygen atoms in total. The van der Waals surface area contributed by atoms with Gasteiger partial charge in [-0.3, -0.25) is 9.59 Å². The number of aromatic nitrogens is 1. The van der Waals surface area contributed by atoms with E-state index in [-0.39, 0.29) is 18.0 Å². The molecular weight excluding hydrogens is 368 g/mol. The van der Waals surface area contributed by atoms with Crippen molar-refractivity contribution in [2.45, 2.75) is 33.4 Å². The number of hydrogen-bond donors (Lipinski definition) is 1. The van der Waals surface area contributed by atoms with Crippen LogP contribution in [0, 0.1) is 6.92 Å². The highest BCUT2D eigenvalue weighted by molar-refractivity contribution is 5.83. The van der Waals surface area contributed by atoms with Gasteiger partial charge < -0.3 is 19.4 Å². The number of carbonyl (C=O) groups is 1. The maximum absolute atomic E-state index is 12.7. The summed E-state index contributed by atoms with van der Waals surface area (Å²) in [4.78, 5) is 29.8. The van der Waals surface area contributed by atoms with Crippen molar-refractivity contribution < 1.29 is 14.3 Å². The molecule has 0 aliphatic carbocycles. The maximum Gasteiger partial charge on any atom is 0.253 e. The zero-order valence-corrected chi connectivity index (χ0v) is 16.7. The van der Waals surface area contributed by atoms with Crippen LogP contribution in [0.3, 0.4) is 0 Å². The fourth-order valence-corrected chi connectivity index (χ4v) is 3.48. The highest BCUT2D eigenvalue weighted by Gasteiger charge is 2.17. The first-order valence-electron chi connectivity index (χ1n) is 9.82. The van der Waals surface area contributed by atoms with Crippen molar-refractivity contribution in [1.29, 1.82) is 0 Å². The Labute approximate surface area is 169 Å². The van der Waals surface area contributed by atoms with E-state index in [1.165, 1.54) is 5.56 Å². The van der Waals surface area contributed by atoms with Gasteiger partial charge in [-0.2, -0.15) is 0 Å². The molecule has 0 bridgehead atoms. The third-order valence-electron chi connectivity index (χ3n) is 5.09. The lowest BCUT2D eigenvalue weighted by Crippen LogP contribution is -2.32. The summed E-state index contributed by atoms with van der Waals surface area (Å²) in [7, 11) is 0. The molecule has 6 heteroatoms. The number of ether oxygens (including phenoxy) is 2. The van der Waals surface area contributed by atoms with Crippen LogP contribution in [0.1, 0.15) is 30.0 Å². The Kier molecular flexibility index (Phi) is 5.25. The van der Waals surface area contributed by atoms with E-state index in [9.17, 15) is 9.59 Å². The Bertz CT molecular complexity index is 1100. The van der Waals surface area contributed by atoms with Crippen LogP contribution in [0.2, 0.25) is 0 Å². The summed E-state index contributed by atoms with van der Waals surface area (Å²) in [5.41, 5.74) is 3.24. The molecule has 0 fully saturated rings. The van der Waals surface area contributed by atoms with Gasteiger partial charge in [-0.05, 0) is 24.6 Å². The van der Waals surface area contributed by atoms with Gasteiger partial charge in [-0.1, -0.05) is 36.8 Å². The minimum absolute atomic E-state index is 0.00671. The first kappa shape index (κ1) is 19.1. The Morgan fingerprint density at radius 2 is 1.72 bits per heavy atom. The van der Waals surface area contributed by atoms with Crippen LogP contribution >= 0.6 is 0 Å². The number of pyridine rings is 1. The fraction of sp³-hybridized carbons (Fsp3) is 0.304. The Hall–Kier alpha value is -3.28. The van der Waals surface area contributed by atoms with Crippen LogP contribution < -0.4 is 15.0 Å². The van der Waals surface area contributed by atoms with Gasteiger partial charge in [0.05, 0.1) is 12.1 Å². The highest BCUT2D eigenvalue weighted by atomic mass is 16.6. The zero-order chi connectivity index (χ0) is 20.4. The summed E-state index contributed by atoms with van der Waals surface area (Å²) < 4.78 is 11.2. The number of aromatic amines is 1. The molecule has 2 aromatic carbocycles. The Morgan fingerprint density at radius 1 is 1.03 bits per heavy atom. The molecule has 0 radical (unpaired) electrons. The SMILES string of the molecule is CCC(=O)N(Cc1ccc(C)cc1)Cc1cc2cc3c(cc2[nH]c1=O)OCCO3. The van der Waals surface area contributed by atoms with Gasteiger partial charge in [0.25, 0.3) is 5.56 Å². The summed E-state index contributed by atoms with van der Waals surface area (Å²) in [6.07, 6.45) is 0.385. The van der Waals surface area contributed by atoms with Crippen molar-refractivity contribution in [2.75, 3.05) is 13.2 Å². The molecule has 1 aromatic heterocycles. The Balaban J connectivity index is 1.65. The fourth-order valence-electron chi connectivity index (χ4n) is 3.48. The number of amides is 1. The van der Waals surface area contributed by atoms with Crippen molar-refractivity contribution >= 4 is 16.8 Å². The van der Waals surface area contributed by atoms with E-state index >= 15 is 0 Å². The zero-order valence-electron chi connectivity index (χ0n) is 16.7.